The summed E-state index contributed by atoms with van der Waals surface area (Å²) in [6.45, 7) is 3.00. The average Bonchev–Trinajstić information content (AvgIpc) is 2.62. The predicted molar refractivity (Wildman–Crippen MR) is 104 cm³/mol. The fourth-order valence-corrected chi connectivity index (χ4v) is 3.05. The predicted octanol–water partition coefficient (Wildman–Crippen LogP) is 6.45. The van der Waals surface area contributed by atoms with Crippen molar-refractivity contribution in [3.05, 3.63) is 42.0 Å². The SMILES string of the molecule is CCCCCCCCCCCOc1ccc2cc(C(=O)O)ccc2c1. The van der Waals surface area contributed by atoms with Gasteiger partial charge in [0, 0.05) is 0 Å². The van der Waals surface area contributed by atoms with Gasteiger partial charge in [-0.05, 0) is 41.5 Å². The molecule has 0 saturated heterocycles. The number of unbranched alkanes of at least 4 members (excludes halogenated alkanes) is 8. The molecular weight excluding hydrogens is 312 g/mol. The van der Waals surface area contributed by atoms with Crippen LogP contribution < -0.4 is 4.74 Å². The summed E-state index contributed by atoms with van der Waals surface area (Å²) in [6, 6.07) is 11.0. The molecule has 2 aromatic carbocycles. The second-order valence-electron chi connectivity index (χ2n) is 6.71. The van der Waals surface area contributed by atoms with Crippen molar-refractivity contribution < 1.29 is 14.6 Å². The molecule has 0 heterocycles. The van der Waals surface area contributed by atoms with Gasteiger partial charge in [0.05, 0.1) is 12.2 Å². The normalized spacial score (nSPS) is 10.9. The third-order valence-corrected chi connectivity index (χ3v) is 4.58. The van der Waals surface area contributed by atoms with Gasteiger partial charge in [-0.1, -0.05) is 70.4 Å². The molecule has 1 N–H and O–H groups in total. The summed E-state index contributed by atoms with van der Waals surface area (Å²) in [6.07, 6.45) is 11.8. The highest BCUT2D eigenvalue weighted by Gasteiger charge is 2.04. The van der Waals surface area contributed by atoms with Crippen LogP contribution in [0.1, 0.15) is 75.1 Å². The zero-order chi connectivity index (χ0) is 17.9. The van der Waals surface area contributed by atoms with Crippen LogP contribution in [0, 0.1) is 0 Å². The second kappa shape index (κ2) is 10.8. The van der Waals surface area contributed by atoms with E-state index < -0.39 is 5.97 Å². The van der Waals surface area contributed by atoms with Crippen molar-refractivity contribution in [3.63, 3.8) is 0 Å². The molecule has 0 saturated carbocycles. The lowest BCUT2D eigenvalue weighted by Gasteiger charge is -2.08. The molecule has 136 valence electrons. The maximum atomic E-state index is 11.0. The summed E-state index contributed by atoms with van der Waals surface area (Å²) in [5.41, 5.74) is 0.316. The van der Waals surface area contributed by atoms with Crippen LogP contribution in [-0.2, 0) is 0 Å². The summed E-state index contributed by atoms with van der Waals surface area (Å²) in [5, 5.41) is 11.0. The lowest BCUT2D eigenvalue weighted by Crippen LogP contribution is -1.98. The van der Waals surface area contributed by atoms with Crippen molar-refractivity contribution in [1.29, 1.82) is 0 Å². The Kier molecular flexibility index (Phi) is 8.30. The summed E-state index contributed by atoms with van der Waals surface area (Å²) >= 11 is 0. The number of ether oxygens (including phenoxy) is 1. The number of hydrogen-bond acceptors (Lipinski definition) is 2. The van der Waals surface area contributed by atoms with Crippen LogP contribution in [0.5, 0.6) is 5.75 Å². The number of fused-ring (bicyclic) bond motifs is 1. The molecule has 0 aromatic heterocycles. The van der Waals surface area contributed by atoms with E-state index in [1.165, 1.54) is 51.4 Å². The monoisotopic (exact) mass is 342 g/mol. The maximum absolute atomic E-state index is 11.0. The minimum atomic E-state index is -0.896. The Morgan fingerprint density at radius 1 is 0.840 bits per heavy atom. The Morgan fingerprint density at radius 2 is 1.44 bits per heavy atom. The molecule has 0 radical (unpaired) electrons. The first-order valence-electron chi connectivity index (χ1n) is 9.60. The lowest BCUT2D eigenvalue weighted by molar-refractivity contribution is 0.0697. The molecule has 0 spiro atoms. The molecular formula is C22H30O3. The van der Waals surface area contributed by atoms with Gasteiger partial charge in [0.15, 0.2) is 0 Å². The molecule has 0 atom stereocenters. The first kappa shape index (κ1) is 19.3. The highest BCUT2D eigenvalue weighted by molar-refractivity contribution is 5.94. The third-order valence-electron chi connectivity index (χ3n) is 4.58. The van der Waals surface area contributed by atoms with Crippen LogP contribution >= 0.6 is 0 Å². The molecule has 3 heteroatoms. The number of carbonyl (C=O) groups is 1. The van der Waals surface area contributed by atoms with Crippen molar-refractivity contribution in [2.75, 3.05) is 6.61 Å². The van der Waals surface area contributed by atoms with E-state index in [-0.39, 0.29) is 0 Å². The molecule has 0 aliphatic carbocycles. The molecule has 3 nitrogen and oxygen atoms in total. The standard InChI is InChI=1S/C22H30O3/c1-2-3-4-5-6-7-8-9-10-15-25-21-14-13-18-16-20(22(23)24)12-11-19(18)17-21/h11-14,16-17H,2-10,15H2,1H3,(H,23,24). The Balaban J connectivity index is 1.66. The summed E-state index contributed by atoms with van der Waals surface area (Å²) in [5.74, 6) is -0.0391. The first-order chi connectivity index (χ1) is 12.2. The number of carboxylic acids is 1. The largest absolute Gasteiger partial charge is 0.494 e. The summed E-state index contributed by atoms with van der Waals surface area (Å²) in [7, 11) is 0. The van der Waals surface area contributed by atoms with Gasteiger partial charge in [0.1, 0.15) is 5.75 Å². The van der Waals surface area contributed by atoms with Crippen LogP contribution in [0.3, 0.4) is 0 Å². The van der Waals surface area contributed by atoms with Gasteiger partial charge >= 0.3 is 5.97 Å². The fourth-order valence-electron chi connectivity index (χ4n) is 3.05. The lowest BCUT2D eigenvalue weighted by atomic mass is 10.1. The van der Waals surface area contributed by atoms with Crippen LogP contribution in [0.4, 0.5) is 0 Å². The number of rotatable bonds is 12. The van der Waals surface area contributed by atoms with Gasteiger partial charge in [0.25, 0.3) is 0 Å². The van der Waals surface area contributed by atoms with E-state index in [9.17, 15) is 4.79 Å². The highest BCUT2D eigenvalue weighted by atomic mass is 16.5. The molecule has 0 aliphatic heterocycles. The molecule has 25 heavy (non-hydrogen) atoms. The Hall–Kier alpha value is -2.03. The van der Waals surface area contributed by atoms with Crippen LogP contribution in [0.2, 0.25) is 0 Å². The van der Waals surface area contributed by atoms with Crippen LogP contribution in [-0.4, -0.2) is 17.7 Å². The van der Waals surface area contributed by atoms with Gasteiger partial charge in [-0.25, -0.2) is 4.79 Å². The number of aromatic carboxylic acids is 1. The van der Waals surface area contributed by atoms with Crippen molar-refractivity contribution in [3.8, 4) is 5.75 Å². The smallest absolute Gasteiger partial charge is 0.335 e. The minimum Gasteiger partial charge on any atom is -0.494 e. The second-order valence-corrected chi connectivity index (χ2v) is 6.71. The number of carboxylic acid groups (broad SMARTS) is 1. The van der Waals surface area contributed by atoms with E-state index in [1.807, 2.05) is 24.3 Å². The number of hydrogen-bond donors (Lipinski definition) is 1. The van der Waals surface area contributed by atoms with E-state index in [4.69, 9.17) is 9.84 Å². The Labute approximate surface area is 151 Å². The van der Waals surface area contributed by atoms with Crippen molar-refractivity contribution in [2.24, 2.45) is 0 Å². The number of benzene rings is 2. The Bertz CT molecular complexity index is 663. The van der Waals surface area contributed by atoms with E-state index in [2.05, 4.69) is 6.92 Å². The van der Waals surface area contributed by atoms with E-state index >= 15 is 0 Å². The van der Waals surface area contributed by atoms with E-state index in [0.29, 0.717) is 5.56 Å². The molecule has 0 fully saturated rings. The van der Waals surface area contributed by atoms with Gasteiger partial charge in [0.2, 0.25) is 0 Å². The molecule has 0 bridgehead atoms. The van der Waals surface area contributed by atoms with Gasteiger partial charge in [-0.15, -0.1) is 0 Å². The van der Waals surface area contributed by atoms with Crippen LogP contribution in [0.25, 0.3) is 10.8 Å². The molecule has 2 rings (SSSR count). The van der Waals surface area contributed by atoms with Crippen LogP contribution in [0.15, 0.2) is 36.4 Å². The topological polar surface area (TPSA) is 46.5 Å². The first-order valence-corrected chi connectivity index (χ1v) is 9.60. The van der Waals surface area contributed by atoms with Gasteiger partial charge in [-0.3, -0.25) is 0 Å². The van der Waals surface area contributed by atoms with Gasteiger partial charge < -0.3 is 9.84 Å². The summed E-state index contributed by atoms with van der Waals surface area (Å²) in [4.78, 5) is 11.0. The van der Waals surface area contributed by atoms with Gasteiger partial charge in [-0.2, -0.15) is 0 Å². The molecule has 2 aromatic rings. The summed E-state index contributed by atoms with van der Waals surface area (Å²) < 4.78 is 5.84. The quantitative estimate of drug-likeness (QED) is 0.451. The maximum Gasteiger partial charge on any atom is 0.335 e. The van der Waals surface area contributed by atoms with Crippen molar-refractivity contribution in [1.82, 2.24) is 0 Å². The zero-order valence-electron chi connectivity index (χ0n) is 15.3. The third kappa shape index (κ3) is 6.77. The van der Waals surface area contributed by atoms with E-state index in [0.717, 1.165) is 29.5 Å². The van der Waals surface area contributed by atoms with Crippen molar-refractivity contribution >= 4 is 16.7 Å². The molecule has 0 unspecified atom stereocenters. The van der Waals surface area contributed by atoms with Crippen molar-refractivity contribution in [2.45, 2.75) is 64.7 Å². The average molecular weight is 342 g/mol. The van der Waals surface area contributed by atoms with E-state index in [1.54, 1.807) is 12.1 Å². The Morgan fingerprint density at radius 3 is 2.12 bits per heavy atom. The molecule has 0 amide bonds. The zero-order valence-corrected chi connectivity index (χ0v) is 15.3. The minimum absolute atomic E-state index is 0.316. The highest BCUT2D eigenvalue weighted by Crippen LogP contribution is 2.22. The fraction of sp³-hybridized carbons (Fsp3) is 0.500. The molecule has 0 aliphatic rings.